The minimum atomic E-state index is -0.875. The molecule has 3 amide bonds. The van der Waals surface area contributed by atoms with Gasteiger partial charge in [-0.2, -0.15) is 4.68 Å². The zero-order chi connectivity index (χ0) is 43.3. The van der Waals surface area contributed by atoms with Crippen molar-refractivity contribution in [2.75, 3.05) is 89.3 Å². The zero-order valence-corrected chi connectivity index (χ0v) is 36.4. The molecule has 62 heavy (non-hydrogen) atoms. The van der Waals surface area contributed by atoms with E-state index in [1.54, 1.807) is 24.3 Å². The first-order valence-electron chi connectivity index (χ1n) is 22.5. The molecule has 4 saturated heterocycles. The lowest BCUT2D eigenvalue weighted by molar-refractivity contribution is -0.136. The number of aryl methyl sites for hydroxylation is 1. The second kappa shape index (κ2) is 19.4. The van der Waals surface area contributed by atoms with Gasteiger partial charge in [-0.1, -0.05) is 42.3 Å². The van der Waals surface area contributed by atoms with E-state index in [1.807, 2.05) is 19.1 Å². The van der Waals surface area contributed by atoms with Crippen molar-refractivity contribution < 1.29 is 18.8 Å². The van der Waals surface area contributed by atoms with Gasteiger partial charge in [0.2, 0.25) is 11.8 Å². The number of halogens is 1. The average molecular weight is 849 g/mol. The van der Waals surface area contributed by atoms with Crippen molar-refractivity contribution in [3.63, 3.8) is 0 Å². The molecule has 1 aromatic heterocycles. The van der Waals surface area contributed by atoms with Gasteiger partial charge in [-0.25, -0.2) is 4.39 Å². The van der Waals surface area contributed by atoms with E-state index >= 15 is 0 Å². The molecule has 4 aliphatic heterocycles. The Morgan fingerprint density at radius 2 is 1.63 bits per heavy atom. The molecular formula is C47H61FN10O4. The molecule has 4 aromatic rings. The van der Waals surface area contributed by atoms with Gasteiger partial charge in [0.05, 0.1) is 11.3 Å². The summed E-state index contributed by atoms with van der Waals surface area (Å²) in [5.74, 6) is -0.568. The number of fused-ring (bicyclic) bond motifs is 1. The molecule has 0 aliphatic carbocycles. The van der Waals surface area contributed by atoms with Crippen molar-refractivity contribution in [3.05, 3.63) is 93.5 Å². The summed E-state index contributed by atoms with van der Waals surface area (Å²) in [5, 5.41) is 13.8. The van der Waals surface area contributed by atoms with Gasteiger partial charge in [0.1, 0.15) is 17.4 Å². The predicted molar refractivity (Wildman–Crippen MR) is 239 cm³/mol. The van der Waals surface area contributed by atoms with Gasteiger partial charge in [0.25, 0.3) is 11.5 Å². The number of hydrogen-bond donors (Lipinski definition) is 2. The molecule has 15 heteroatoms. The van der Waals surface area contributed by atoms with Crippen LogP contribution >= 0.6 is 0 Å². The van der Waals surface area contributed by atoms with Gasteiger partial charge < -0.3 is 20.0 Å². The van der Waals surface area contributed by atoms with Crippen molar-refractivity contribution in [1.82, 2.24) is 40.3 Å². The van der Waals surface area contributed by atoms with Crippen LogP contribution in [0.2, 0.25) is 0 Å². The van der Waals surface area contributed by atoms with Crippen molar-refractivity contribution in [1.29, 1.82) is 0 Å². The number of unbranched alkanes of at least 4 members (excludes halogenated alkanes) is 3. The second-order valence-corrected chi connectivity index (χ2v) is 18.0. The lowest BCUT2D eigenvalue weighted by atomic mass is 9.94. The number of nitrogens with one attached hydrogen (secondary N) is 2. The van der Waals surface area contributed by atoms with Crippen LogP contribution in [0.15, 0.2) is 65.5 Å². The number of amides is 3. The molecule has 4 fully saturated rings. The van der Waals surface area contributed by atoms with Crippen molar-refractivity contribution in [2.24, 2.45) is 11.8 Å². The molecule has 8 rings (SSSR count). The molecule has 3 aromatic carbocycles. The molecule has 14 nitrogen and oxygen atoms in total. The number of aromatic nitrogens is 3. The third-order valence-corrected chi connectivity index (χ3v) is 13.5. The quantitative estimate of drug-likeness (QED) is 0.126. The molecule has 0 radical (unpaired) electrons. The molecule has 2 N–H and O–H groups in total. The van der Waals surface area contributed by atoms with Crippen LogP contribution in [0.3, 0.4) is 0 Å². The van der Waals surface area contributed by atoms with Crippen LogP contribution in [-0.4, -0.2) is 133 Å². The van der Waals surface area contributed by atoms with Gasteiger partial charge in [0.15, 0.2) is 0 Å². The first-order chi connectivity index (χ1) is 30.0. The molecule has 2 unspecified atom stereocenters. The highest BCUT2D eigenvalue weighted by Crippen LogP contribution is 2.30. The number of anilines is 2. The van der Waals surface area contributed by atoms with E-state index in [0.717, 1.165) is 99.4 Å². The van der Waals surface area contributed by atoms with Crippen LogP contribution in [0.5, 0.6) is 0 Å². The van der Waals surface area contributed by atoms with Gasteiger partial charge in [-0.05, 0) is 107 Å². The van der Waals surface area contributed by atoms with E-state index in [0.29, 0.717) is 49.0 Å². The molecule has 330 valence electrons. The molecular weight excluding hydrogens is 788 g/mol. The van der Waals surface area contributed by atoms with Crippen LogP contribution in [0.25, 0.3) is 10.9 Å². The lowest BCUT2D eigenvalue weighted by Crippen LogP contribution is -2.54. The highest BCUT2D eigenvalue weighted by atomic mass is 19.1. The Morgan fingerprint density at radius 1 is 0.871 bits per heavy atom. The summed E-state index contributed by atoms with van der Waals surface area (Å²) >= 11 is 0. The van der Waals surface area contributed by atoms with Crippen LogP contribution in [-0.2, 0) is 27.3 Å². The summed E-state index contributed by atoms with van der Waals surface area (Å²) in [4.78, 5) is 62.0. The third kappa shape index (κ3) is 10.0. The molecule has 0 bridgehead atoms. The number of carbonyl (C=O) groups excluding carboxylic acids is 3. The Balaban J connectivity index is 0.696. The highest BCUT2D eigenvalue weighted by molar-refractivity contribution is 5.99. The number of piperazine rings is 1. The van der Waals surface area contributed by atoms with E-state index in [-0.39, 0.29) is 36.4 Å². The summed E-state index contributed by atoms with van der Waals surface area (Å²) in [5.41, 5.74) is 5.30. The highest BCUT2D eigenvalue weighted by Gasteiger charge is 2.36. The first-order valence-corrected chi connectivity index (χ1v) is 22.5. The third-order valence-electron chi connectivity index (χ3n) is 13.5. The van der Waals surface area contributed by atoms with E-state index < -0.39 is 17.5 Å². The second-order valence-electron chi connectivity index (χ2n) is 18.0. The van der Waals surface area contributed by atoms with Crippen molar-refractivity contribution in [3.8, 4) is 0 Å². The fourth-order valence-corrected chi connectivity index (χ4v) is 9.71. The number of benzene rings is 3. The maximum Gasteiger partial charge on any atom is 0.278 e. The van der Waals surface area contributed by atoms with Crippen LogP contribution in [0.1, 0.15) is 61.3 Å². The van der Waals surface area contributed by atoms with Crippen molar-refractivity contribution >= 4 is 40.0 Å². The van der Waals surface area contributed by atoms with Crippen LogP contribution in [0, 0.1) is 24.6 Å². The fraction of sp³-hybridized carbons (Fsp3) is 0.532. The Hall–Kier alpha value is -5.25. The van der Waals surface area contributed by atoms with Gasteiger partial charge in [-0.15, -0.1) is 5.10 Å². The maximum absolute atomic E-state index is 14.6. The molecule has 5 heterocycles. The van der Waals surface area contributed by atoms with Gasteiger partial charge >= 0.3 is 0 Å². The topological polar surface area (TPSA) is 139 Å². The normalized spacial score (nSPS) is 21.5. The van der Waals surface area contributed by atoms with Crippen LogP contribution < -0.4 is 26.0 Å². The minimum Gasteiger partial charge on any atom is -0.370 e. The Morgan fingerprint density at radius 3 is 2.37 bits per heavy atom. The number of likely N-dealkylation sites (N-methyl/N-ethyl adjacent to an activating group) is 1. The molecule has 4 aliphatic rings. The first kappa shape index (κ1) is 43.4. The zero-order valence-electron chi connectivity index (χ0n) is 36.4. The molecule has 0 spiro atoms. The lowest BCUT2D eigenvalue weighted by Gasteiger charge is -2.40. The number of hydrogen-bond acceptors (Lipinski definition) is 11. The smallest absolute Gasteiger partial charge is 0.278 e. The van der Waals surface area contributed by atoms with Crippen molar-refractivity contribution in [2.45, 2.75) is 70.5 Å². The molecule has 3 atom stereocenters. The van der Waals surface area contributed by atoms with E-state index in [4.69, 9.17) is 0 Å². The SMILES string of the molecule is Cc1cccc(F)c1CN1CC(Cc2ccc(N3CCN(CCCCCCNC(=O)C4CN(c5ccc6nnn(C7CCC(=O)NC7=O)c(=O)c6c5)C4)CC3)cc2)[C@@H](N(C)C)C1. The Kier molecular flexibility index (Phi) is 13.6. The number of nitrogens with zero attached hydrogens (tertiary/aromatic N) is 8. The number of carbonyl (C=O) groups is 3. The summed E-state index contributed by atoms with van der Waals surface area (Å²) in [6.45, 7) is 11.7. The summed E-state index contributed by atoms with van der Waals surface area (Å²) in [6, 6.07) is 19.5. The summed E-state index contributed by atoms with van der Waals surface area (Å²) in [7, 11) is 4.33. The Labute approximate surface area is 363 Å². The number of rotatable bonds is 16. The number of imide groups is 1. The summed E-state index contributed by atoms with van der Waals surface area (Å²) in [6.07, 6.45) is 5.69. The predicted octanol–water partition coefficient (Wildman–Crippen LogP) is 3.76. The number of piperidine rings is 1. The van der Waals surface area contributed by atoms with E-state index in [1.165, 1.54) is 11.3 Å². The molecule has 0 saturated carbocycles. The maximum atomic E-state index is 14.6. The van der Waals surface area contributed by atoms with Crippen LogP contribution in [0.4, 0.5) is 15.8 Å². The van der Waals surface area contributed by atoms with E-state index in [9.17, 15) is 23.6 Å². The Bertz CT molecular complexity index is 2270. The minimum absolute atomic E-state index is 0.0622. The largest absolute Gasteiger partial charge is 0.370 e. The van der Waals surface area contributed by atoms with Gasteiger partial charge in [-0.3, -0.25) is 34.3 Å². The van der Waals surface area contributed by atoms with Gasteiger partial charge in [0, 0.05) is 94.8 Å². The average Bonchev–Trinajstić information content (AvgIpc) is 3.65. The fourth-order valence-electron chi connectivity index (χ4n) is 9.71. The summed E-state index contributed by atoms with van der Waals surface area (Å²) < 4.78 is 15.7. The monoisotopic (exact) mass is 848 g/mol. The standard InChI is InChI=1S/C47H61FN10O4/c1-32-9-8-10-40(48)39(32)30-55-27-34(43(31-55)53(2)3)25-33-11-13-36(14-12-33)56-23-21-54(22-24-56)20-7-5-4-6-19-49-45(60)35-28-57(29-35)37-15-16-41-38(26-37)47(62)58(52-51-41)42-17-18-44(59)50-46(42)61/h8-16,26,34-35,42-43H,4-7,17-25,27-31H2,1-3H3,(H,49,60)(H,50,59,61)/t34?,42?,43-/m0/s1. The number of likely N-dealkylation sites (tertiary alicyclic amines) is 1. The van der Waals surface area contributed by atoms with E-state index in [2.05, 4.69) is 83.8 Å².